The fourth-order valence-electron chi connectivity index (χ4n) is 4.63. The molecule has 3 atom stereocenters. The SMILES string of the molecule is O=C(c1cnn2ccc(N3CCCC3c3cc(F)ccc3F)cc12)C1NCC[C@@H]1O. The van der Waals surface area contributed by atoms with Gasteiger partial charge in [-0.25, -0.2) is 13.3 Å². The fraction of sp³-hybridized carbons (Fsp3) is 0.364. The number of fused-ring (bicyclic) bond motifs is 1. The van der Waals surface area contributed by atoms with Crippen LogP contribution in [0.1, 0.15) is 41.2 Å². The molecule has 156 valence electrons. The van der Waals surface area contributed by atoms with E-state index in [1.165, 1.54) is 12.3 Å². The molecule has 0 bridgehead atoms. The Balaban J connectivity index is 1.51. The van der Waals surface area contributed by atoms with Crippen molar-refractivity contribution < 1.29 is 18.7 Å². The first-order valence-corrected chi connectivity index (χ1v) is 10.2. The lowest BCUT2D eigenvalue weighted by Crippen LogP contribution is -2.38. The number of nitrogens with one attached hydrogen (secondary N) is 1. The Hall–Kier alpha value is -2.84. The molecule has 2 unspecified atom stereocenters. The van der Waals surface area contributed by atoms with Gasteiger partial charge in [0.1, 0.15) is 11.6 Å². The van der Waals surface area contributed by atoms with E-state index in [1.54, 1.807) is 10.7 Å². The predicted octanol–water partition coefficient (Wildman–Crippen LogP) is 2.86. The van der Waals surface area contributed by atoms with Crippen molar-refractivity contribution in [1.82, 2.24) is 14.9 Å². The summed E-state index contributed by atoms with van der Waals surface area (Å²) in [6, 6.07) is 6.37. The molecular formula is C22H22F2N4O2. The number of Topliss-reactive ketones (excluding diaryl/α,β-unsaturated/α-hetero) is 1. The normalized spacial score (nSPS) is 24.1. The molecule has 0 radical (unpaired) electrons. The smallest absolute Gasteiger partial charge is 0.186 e. The van der Waals surface area contributed by atoms with Gasteiger partial charge in [0.15, 0.2) is 5.78 Å². The Morgan fingerprint density at radius 1 is 1.20 bits per heavy atom. The second-order valence-electron chi connectivity index (χ2n) is 7.94. The van der Waals surface area contributed by atoms with Gasteiger partial charge in [0.2, 0.25) is 0 Å². The first-order chi connectivity index (χ1) is 14.5. The van der Waals surface area contributed by atoms with E-state index in [-0.39, 0.29) is 11.8 Å². The minimum atomic E-state index is -0.713. The lowest BCUT2D eigenvalue weighted by atomic mass is 10.0. The maximum absolute atomic E-state index is 14.4. The molecule has 2 aliphatic rings. The molecule has 2 saturated heterocycles. The van der Waals surface area contributed by atoms with E-state index < -0.39 is 23.8 Å². The van der Waals surface area contributed by atoms with Gasteiger partial charge in [-0.3, -0.25) is 4.79 Å². The van der Waals surface area contributed by atoms with Crippen molar-refractivity contribution in [3.05, 3.63) is 65.5 Å². The quantitative estimate of drug-likeness (QED) is 0.645. The number of rotatable bonds is 4. The summed E-state index contributed by atoms with van der Waals surface area (Å²) in [5.41, 5.74) is 2.23. The number of carbonyl (C=O) groups excluding carboxylic acids is 1. The number of aliphatic hydroxyl groups is 1. The number of pyridine rings is 1. The third kappa shape index (κ3) is 3.16. The van der Waals surface area contributed by atoms with Crippen molar-refractivity contribution in [2.45, 2.75) is 37.5 Å². The number of carbonyl (C=O) groups is 1. The lowest BCUT2D eigenvalue weighted by molar-refractivity contribution is 0.0843. The molecule has 0 saturated carbocycles. The monoisotopic (exact) mass is 412 g/mol. The third-order valence-corrected chi connectivity index (χ3v) is 6.14. The van der Waals surface area contributed by atoms with Gasteiger partial charge in [-0.05, 0) is 56.1 Å². The highest BCUT2D eigenvalue weighted by atomic mass is 19.1. The molecule has 6 nitrogen and oxygen atoms in total. The second-order valence-corrected chi connectivity index (χ2v) is 7.94. The Bertz CT molecular complexity index is 1120. The number of anilines is 1. The standard InChI is InChI=1S/C22H22F2N4O2/c23-13-3-4-17(24)15(10-13)18-2-1-8-27(18)14-6-9-28-19(11-14)16(12-26-28)22(30)21-20(29)5-7-25-21/h3-4,6,9-12,18,20-21,25,29H,1-2,5,7-8H2/t18?,20-,21?/m0/s1. The van der Waals surface area contributed by atoms with Crippen LogP contribution >= 0.6 is 0 Å². The van der Waals surface area contributed by atoms with Crippen LogP contribution in [0.5, 0.6) is 0 Å². The number of hydrogen-bond donors (Lipinski definition) is 2. The van der Waals surface area contributed by atoms with E-state index in [0.717, 1.165) is 30.7 Å². The summed E-state index contributed by atoms with van der Waals surface area (Å²) in [7, 11) is 0. The van der Waals surface area contributed by atoms with Crippen molar-refractivity contribution in [3.8, 4) is 0 Å². The molecule has 8 heteroatoms. The topological polar surface area (TPSA) is 69.9 Å². The molecule has 0 aliphatic carbocycles. The summed E-state index contributed by atoms with van der Waals surface area (Å²) in [5.74, 6) is -1.07. The highest BCUT2D eigenvalue weighted by Gasteiger charge is 2.34. The average Bonchev–Trinajstić information content (AvgIpc) is 3.47. The van der Waals surface area contributed by atoms with Crippen molar-refractivity contribution in [1.29, 1.82) is 0 Å². The molecule has 3 aromatic rings. The van der Waals surface area contributed by atoms with Gasteiger partial charge < -0.3 is 15.3 Å². The molecule has 4 heterocycles. The van der Waals surface area contributed by atoms with Crippen molar-refractivity contribution in [3.63, 3.8) is 0 Å². The van der Waals surface area contributed by atoms with Crippen molar-refractivity contribution in [2.75, 3.05) is 18.0 Å². The van der Waals surface area contributed by atoms with Crippen LogP contribution < -0.4 is 10.2 Å². The van der Waals surface area contributed by atoms with Gasteiger partial charge >= 0.3 is 0 Å². The van der Waals surface area contributed by atoms with Crippen LogP contribution in [-0.4, -0.2) is 45.7 Å². The molecule has 30 heavy (non-hydrogen) atoms. The third-order valence-electron chi connectivity index (χ3n) is 6.14. The number of halogens is 2. The zero-order valence-corrected chi connectivity index (χ0v) is 16.3. The molecule has 0 spiro atoms. The molecule has 2 aromatic heterocycles. The fourth-order valence-corrected chi connectivity index (χ4v) is 4.63. The highest BCUT2D eigenvalue weighted by Crippen LogP contribution is 2.38. The first-order valence-electron chi connectivity index (χ1n) is 10.2. The molecule has 5 rings (SSSR count). The van der Waals surface area contributed by atoms with Gasteiger partial charge in [0.25, 0.3) is 0 Å². The number of hydrogen-bond acceptors (Lipinski definition) is 5. The number of aromatic nitrogens is 2. The maximum atomic E-state index is 14.4. The summed E-state index contributed by atoms with van der Waals surface area (Å²) in [6.45, 7) is 1.30. The first kappa shape index (κ1) is 19.1. The Labute approximate surface area is 172 Å². The van der Waals surface area contributed by atoms with Crippen molar-refractivity contribution in [2.24, 2.45) is 0 Å². The lowest BCUT2D eigenvalue weighted by Gasteiger charge is -2.27. The van der Waals surface area contributed by atoms with E-state index >= 15 is 0 Å². The number of benzene rings is 1. The summed E-state index contributed by atoms with van der Waals surface area (Å²) in [5, 5.41) is 17.4. The molecule has 0 amide bonds. The van der Waals surface area contributed by atoms with Crippen LogP contribution in [-0.2, 0) is 0 Å². The molecule has 2 N–H and O–H groups in total. The van der Waals surface area contributed by atoms with E-state index in [2.05, 4.69) is 10.4 Å². The minimum Gasteiger partial charge on any atom is -0.391 e. The largest absolute Gasteiger partial charge is 0.391 e. The van der Waals surface area contributed by atoms with Gasteiger partial charge in [0.05, 0.1) is 35.5 Å². The summed E-state index contributed by atoms with van der Waals surface area (Å²) >= 11 is 0. The number of aliphatic hydroxyl groups excluding tert-OH is 1. The predicted molar refractivity (Wildman–Crippen MR) is 108 cm³/mol. The van der Waals surface area contributed by atoms with Gasteiger partial charge in [-0.2, -0.15) is 5.10 Å². The summed E-state index contributed by atoms with van der Waals surface area (Å²) in [6.07, 6.45) is 4.67. The maximum Gasteiger partial charge on any atom is 0.186 e. The van der Waals surface area contributed by atoms with Crippen LogP contribution in [0, 0.1) is 11.6 Å². The average molecular weight is 412 g/mol. The van der Waals surface area contributed by atoms with E-state index in [0.29, 0.717) is 36.2 Å². The van der Waals surface area contributed by atoms with Crippen LogP contribution in [0.3, 0.4) is 0 Å². The zero-order chi connectivity index (χ0) is 20.8. The van der Waals surface area contributed by atoms with Crippen LogP contribution in [0.25, 0.3) is 5.52 Å². The number of ketones is 1. The Kier molecular flexibility index (Phi) is 4.75. The molecule has 2 fully saturated rings. The number of nitrogens with zero attached hydrogens (tertiary/aromatic N) is 3. The van der Waals surface area contributed by atoms with Crippen molar-refractivity contribution >= 4 is 17.0 Å². The van der Waals surface area contributed by atoms with Gasteiger partial charge in [-0.15, -0.1) is 0 Å². The van der Waals surface area contributed by atoms with E-state index in [4.69, 9.17) is 0 Å². The van der Waals surface area contributed by atoms with Gasteiger partial charge in [-0.1, -0.05) is 0 Å². The van der Waals surface area contributed by atoms with Crippen LogP contribution in [0.4, 0.5) is 14.5 Å². The molecular weight excluding hydrogens is 390 g/mol. The Morgan fingerprint density at radius 2 is 2.07 bits per heavy atom. The summed E-state index contributed by atoms with van der Waals surface area (Å²) in [4.78, 5) is 15.0. The van der Waals surface area contributed by atoms with Gasteiger partial charge in [0, 0.05) is 24.0 Å². The van der Waals surface area contributed by atoms with E-state index in [9.17, 15) is 18.7 Å². The van der Waals surface area contributed by atoms with Crippen LogP contribution in [0.2, 0.25) is 0 Å². The second kappa shape index (κ2) is 7.45. The highest BCUT2D eigenvalue weighted by molar-refractivity contribution is 6.06. The molecule has 1 aromatic carbocycles. The Morgan fingerprint density at radius 3 is 2.87 bits per heavy atom. The molecule has 2 aliphatic heterocycles. The minimum absolute atomic E-state index is 0.193. The van der Waals surface area contributed by atoms with Crippen LogP contribution in [0.15, 0.2) is 42.7 Å². The zero-order valence-electron chi connectivity index (χ0n) is 16.3. The van der Waals surface area contributed by atoms with E-state index in [1.807, 2.05) is 17.0 Å². The summed E-state index contributed by atoms with van der Waals surface area (Å²) < 4.78 is 29.8.